The van der Waals surface area contributed by atoms with Crippen LogP contribution in [0.3, 0.4) is 0 Å². The van der Waals surface area contributed by atoms with Crippen molar-refractivity contribution in [1.82, 2.24) is 14.3 Å². The molecule has 2 N–H and O–H groups in total. The number of rotatable bonds is 5. The van der Waals surface area contributed by atoms with Gasteiger partial charge in [0.1, 0.15) is 18.1 Å². The summed E-state index contributed by atoms with van der Waals surface area (Å²) in [5.41, 5.74) is 0.295. The molecule has 0 fully saturated rings. The summed E-state index contributed by atoms with van der Waals surface area (Å²) in [6, 6.07) is 5.03. The van der Waals surface area contributed by atoms with Crippen molar-refractivity contribution in [1.29, 1.82) is 0 Å². The predicted octanol–water partition coefficient (Wildman–Crippen LogP) is 1.60. The van der Waals surface area contributed by atoms with Crippen LogP contribution in [0.5, 0.6) is 0 Å². The molecule has 0 atom stereocenters. The van der Waals surface area contributed by atoms with Crippen LogP contribution in [-0.2, 0) is 11.3 Å². The lowest BCUT2D eigenvalue weighted by Crippen LogP contribution is -2.21. The molecule has 0 spiro atoms. The molecular weight excluding hydrogens is 260 g/mol. The third kappa shape index (κ3) is 2.87. The average molecular weight is 276 g/mol. The number of hydrogen-bond acceptors (Lipinski definition) is 3. The molecule has 2 heterocycles. The van der Waals surface area contributed by atoms with E-state index in [0.29, 0.717) is 11.5 Å². The summed E-state index contributed by atoms with van der Waals surface area (Å²) in [6.07, 6.45) is 3.16. The van der Waals surface area contributed by atoms with Gasteiger partial charge < -0.3 is 15.0 Å². The van der Waals surface area contributed by atoms with Gasteiger partial charge in [0.2, 0.25) is 0 Å². The quantitative estimate of drug-likeness (QED) is 0.868. The number of carbonyl (C=O) groups is 2. The Bertz CT molecular complexity index is 627. The lowest BCUT2D eigenvalue weighted by Gasteiger charge is -2.12. The van der Waals surface area contributed by atoms with Crippen molar-refractivity contribution in [2.75, 3.05) is 5.32 Å². The van der Waals surface area contributed by atoms with Crippen molar-refractivity contribution in [3.8, 4) is 0 Å². The monoisotopic (exact) mass is 276 g/mol. The molecule has 0 bridgehead atoms. The van der Waals surface area contributed by atoms with Crippen LogP contribution in [0.4, 0.5) is 5.82 Å². The number of amides is 1. The SMILES string of the molecule is CC(C)n1nccc1NC(=O)c1cccn1CC(=O)O. The van der Waals surface area contributed by atoms with Crippen LogP contribution in [0.15, 0.2) is 30.6 Å². The fraction of sp³-hybridized carbons (Fsp3) is 0.308. The van der Waals surface area contributed by atoms with E-state index in [1.54, 1.807) is 35.3 Å². The van der Waals surface area contributed by atoms with Gasteiger partial charge in [0.25, 0.3) is 5.91 Å². The molecule has 106 valence electrons. The van der Waals surface area contributed by atoms with Crippen molar-refractivity contribution in [2.45, 2.75) is 26.4 Å². The smallest absolute Gasteiger partial charge is 0.323 e. The first-order valence-corrected chi connectivity index (χ1v) is 6.21. The second kappa shape index (κ2) is 5.60. The summed E-state index contributed by atoms with van der Waals surface area (Å²) < 4.78 is 3.07. The van der Waals surface area contributed by atoms with E-state index in [1.165, 1.54) is 4.57 Å². The highest BCUT2D eigenvalue weighted by molar-refractivity contribution is 6.02. The minimum Gasteiger partial charge on any atom is -0.480 e. The second-order valence-electron chi connectivity index (χ2n) is 4.62. The Morgan fingerprint density at radius 1 is 1.40 bits per heavy atom. The van der Waals surface area contributed by atoms with E-state index >= 15 is 0 Å². The van der Waals surface area contributed by atoms with Gasteiger partial charge in [0.15, 0.2) is 0 Å². The Labute approximate surface area is 115 Å². The Kier molecular flexibility index (Phi) is 3.88. The summed E-state index contributed by atoms with van der Waals surface area (Å²) in [7, 11) is 0. The first-order valence-electron chi connectivity index (χ1n) is 6.21. The van der Waals surface area contributed by atoms with Crippen LogP contribution in [0.25, 0.3) is 0 Å². The van der Waals surface area contributed by atoms with E-state index in [0.717, 1.165) is 0 Å². The zero-order chi connectivity index (χ0) is 14.7. The lowest BCUT2D eigenvalue weighted by atomic mass is 10.3. The largest absolute Gasteiger partial charge is 0.480 e. The minimum absolute atomic E-state index is 0.117. The molecule has 2 rings (SSSR count). The van der Waals surface area contributed by atoms with E-state index in [-0.39, 0.29) is 18.5 Å². The Hall–Kier alpha value is -2.57. The molecule has 0 saturated heterocycles. The number of carboxylic acids is 1. The highest BCUT2D eigenvalue weighted by Crippen LogP contribution is 2.14. The number of aromatic nitrogens is 3. The number of carboxylic acid groups (broad SMARTS) is 1. The molecule has 7 heteroatoms. The molecule has 0 aliphatic heterocycles. The van der Waals surface area contributed by atoms with Gasteiger partial charge in [-0.2, -0.15) is 5.10 Å². The Balaban J connectivity index is 2.18. The molecule has 7 nitrogen and oxygen atoms in total. The molecular formula is C13H16N4O3. The fourth-order valence-corrected chi connectivity index (χ4v) is 1.91. The molecule has 0 aromatic carbocycles. The van der Waals surface area contributed by atoms with Crippen molar-refractivity contribution < 1.29 is 14.7 Å². The number of carbonyl (C=O) groups excluding carboxylic acids is 1. The molecule has 0 unspecified atom stereocenters. The van der Waals surface area contributed by atoms with Gasteiger partial charge in [-0.05, 0) is 26.0 Å². The minimum atomic E-state index is -0.998. The lowest BCUT2D eigenvalue weighted by molar-refractivity contribution is -0.137. The van der Waals surface area contributed by atoms with Gasteiger partial charge in [-0.3, -0.25) is 9.59 Å². The molecule has 2 aromatic heterocycles. The van der Waals surface area contributed by atoms with Crippen LogP contribution >= 0.6 is 0 Å². The van der Waals surface area contributed by atoms with Gasteiger partial charge in [0, 0.05) is 18.3 Å². The Morgan fingerprint density at radius 3 is 2.80 bits per heavy atom. The van der Waals surface area contributed by atoms with Crippen molar-refractivity contribution in [3.63, 3.8) is 0 Å². The zero-order valence-corrected chi connectivity index (χ0v) is 11.3. The maximum Gasteiger partial charge on any atom is 0.323 e. The maximum atomic E-state index is 12.2. The molecule has 20 heavy (non-hydrogen) atoms. The third-order valence-corrected chi connectivity index (χ3v) is 2.77. The first-order chi connectivity index (χ1) is 9.49. The fourth-order valence-electron chi connectivity index (χ4n) is 1.91. The summed E-state index contributed by atoms with van der Waals surface area (Å²) >= 11 is 0. The molecule has 1 amide bonds. The van der Waals surface area contributed by atoms with E-state index in [1.807, 2.05) is 13.8 Å². The molecule has 0 aliphatic carbocycles. The van der Waals surface area contributed by atoms with Crippen molar-refractivity contribution in [3.05, 3.63) is 36.3 Å². The summed E-state index contributed by atoms with van der Waals surface area (Å²) in [5, 5.41) is 15.7. The molecule has 0 radical (unpaired) electrons. The zero-order valence-electron chi connectivity index (χ0n) is 11.3. The molecule has 0 aliphatic rings. The van der Waals surface area contributed by atoms with E-state index in [4.69, 9.17) is 5.11 Å². The van der Waals surface area contributed by atoms with Crippen LogP contribution in [0, 0.1) is 0 Å². The molecule has 2 aromatic rings. The van der Waals surface area contributed by atoms with Gasteiger partial charge in [-0.15, -0.1) is 0 Å². The third-order valence-electron chi connectivity index (χ3n) is 2.77. The van der Waals surface area contributed by atoms with Gasteiger partial charge in [-0.25, -0.2) is 4.68 Å². The van der Waals surface area contributed by atoms with Crippen LogP contribution in [0.2, 0.25) is 0 Å². The second-order valence-corrected chi connectivity index (χ2v) is 4.62. The number of nitrogens with one attached hydrogen (secondary N) is 1. The average Bonchev–Trinajstić information content (AvgIpc) is 2.96. The predicted molar refractivity (Wildman–Crippen MR) is 72.6 cm³/mol. The normalized spacial score (nSPS) is 10.8. The van der Waals surface area contributed by atoms with Crippen molar-refractivity contribution in [2.24, 2.45) is 0 Å². The summed E-state index contributed by atoms with van der Waals surface area (Å²) in [4.78, 5) is 22.9. The maximum absolute atomic E-state index is 12.2. The topological polar surface area (TPSA) is 89.2 Å². The van der Waals surface area contributed by atoms with Crippen LogP contribution in [-0.4, -0.2) is 31.3 Å². The Morgan fingerprint density at radius 2 is 2.15 bits per heavy atom. The van der Waals surface area contributed by atoms with Gasteiger partial charge in [0.05, 0.1) is 6.20 Å². The van der Waals surface area contributed by atoms with E-state index < -0.39 is 5.97 Å². The van der Waals surface area contributed by atoms with Gasteiger partial charge >= 0.3 is 5.97 Å². The highest BCUT2D eigenvalue weighted by atomic mass is 16.4. The van der Waals surface area contributed by atoms with E-state index in [2.05, 4.69) is 10.4 Å². The highest BCUT2D eigenvalue weighted by Gasteiger charge is 2.15. The standard InChI is InChI=1S/C13H16N4O3/c1-9(2)17-11(5-6-14-17)15-13(20)10-4-3-7-16(10)8-12(18)19/h3-7,9H,8H2,1-2H3,(H,15,20)(H,18,19). The number of aliphatic carboxylic acids is 1. The number of hydrogen-bond donors (Lipinski definition) is 2. The first kappa shape index (κ1) is 13.9. The summed E-state index contributed by atoms with van der Waals surface area (Å²) in [6.45, 7) is 3.66. The van der Waals surface area contributed by atoms with E-state index in [9.17, 15) is 9.59 Å². The van der Waals surface area contributed by atoms with Crippen LogP contribution in [0.1, 0.15) is 30.4 Å². The van der Waals surface area contributed by atoms with Crippen LogP contribution < -0.4 is 5.32 Å². The molecule has 0 saturated carbocycles. The number of anilines is 1. The summed E-state index contributed by atoms with van der Waals surface area (Å²) in [5.74, 6) is -0.783. The number of nitrogens with zero attached hydrogens (tertiary/aromatic N) is 3. The van der Waals surface area contributed by atoms with Crippen molar-refractivity contribution >= 4 is 17.7 Å². The van der Waals surface area contributed by atoms with Gasteiger partial charge in [-0.1, -0.05) is 0 Å².